The maximum absolute atomic E-state index is 9.42. The minimum absolute atomic E-state index is 0.240. The minimum atomic E-state index is 0.240. The van der Waals surface area contributed by atoms with E-state index in [1.807, 2.05) is 30.3 Å². The van der Waals surface area contributed by atoms with Gasteiger partial charge < -0.3 is 14.3 Å². The van der Waals surface area contributed by atoms with E-state index < -0.39 is 0 Å². The summed E-state index contributed by atoms with van der Waals surface area (Å²) >= 11 is 0. The van der Waals surface area contributed by atoms with Crippen molar-refractivity contribution < 1.29 is 14.3 Å². The molecule has 3 nitrogen and oxygen atoms in total. The fourth-order valence-corrected chi connectivity index (χ4v) is 1.93. The number of phenolic OH excluding ortho intramolecular Hbond substituents is 1. The van der Waals surface area contributed by atoms with Gasteiger partial charge in [0.05, 0.1) is 7.11 Å². The molecule has 0 aliphatic rings. The summed E-state index contributed by atoms with van der Waals surface area (Å²) in [7, 11) is 1.64. The van der Waals surface area contributed by atoms with Gasteiger partial charge in [0, 0.05) is 10.9 Å². The maximum Gasteiger partial charge on any atom is 0.135 e. The first kappa shape index (κ1) is 10.7. The highest BCUT2D eigenvalue weighted by molar-refractivity contribution is 5.84. The monoisotopic (exact) mass is 240 g/mol. The van der Waals surface area contributed by atoms with Crippen molar-refractivity contribution in [2.45, 2.75) is 0 Å². The van der Waals surface area contributed by atoms with Gasteiger partial charge in [-0.25, -0.2) is 0 Å². The molecule has 0 atom stereocenters. The lowest BCUT2D eigenvalue weighted by Gasteiger charge is -2.00. The molecule has 0 saturated heterocycles. The molecule has 1 aromatic heterocycles. The third kappa shape index (κ3) is 1.80. The van der Waals surface area contributed by atoms with Crippen LogP contribution in [-0.4, -0.2) is 12.2 Å². The second-order valence-electron chi connectivity index (χ2n) is 4.06. The number of furan rings is 1. The van der Waals surface area contributed by atoms with Gasteiger partial charge in [0.25, 0.3) is 0 Å². The van der Waals surface area contributed by atoms with Crippen molar-refractivity contribution in [3.63, 3.8) is 0 Å². The van der Waals surface area contributed by atoms with Gasteiger partial charge in [-0.2, -0.15) is 0 Å². The standard InChI is InChI=1S/C15H12O3/c1-17-13-5-2-10(3-6-13)15-9-11-8-12(16)4-7-14(11)18-15/h2-9,16H,1H3. The number of ether oxygens (including phenoxy) is 1. The summed E-state index contributed by atoms with van der Waals surface area (Å²) in [4.78, 5) is 0. The molecular weight excluding hydrogens is 228 g/mol. The Morgan fingerprint density at radius 2 is 1.78 bits per heavy atom. The van der Waals surface area contributed by atoms with Gasteiger partial charge in [0.2, 0.25) is 0 Å². The largest absolute Gasteiger partial charge is 0.508 e. The number of rotatable bonds is 2. The van der Waals surface area contributed by atoms with Crippen LogP contribution in [0.15, 0.2) is 52.9 Å². The van der Waals surface area contributed by atoms with Crippen LogP contribution >= 0.6 is 0 Å². The number of phenols is 1. The van der Waals surface area contributed by atoms with Gasteiger partial charge in [-0.05, 0) is 48.5 Å². The molecule has 3 rings (SSSR count). The quantitative estimate of drug-likeness (QED) is 0.740. The molecule has 18 heavy (non-hydrogen) atoms. The summed E-state index contributed by atoms with van der Waals surface area (Å²) in [5.41, 5.74) is 1.74. The highest BCUT2D eigenvalue weighted by Gasteiger charge is 2.06. The van der Waals surface area contributed by atoms with E-state index in [-0.39, 0.29) is 5.75 Å². The topological polar surface area (TPSA) is 42.6 Å². The van der Waals surface area contributed by atoms with E-state index in [9.17, 15) is 5.11 Å². The lowest BCUT2D eigenvalue weighted by molar-refractivity contribution is 0.415. The van der Waals surface area contributed by atoms with Gasteiger partial charge in [0.1, 0.15) is 22.8 Å². The van der Waals surface area contributed by atoms with Gasteiger partial charge in [-0.1, -0.05) is 0 Å². The number of fused-ring (bicyclic) bond motifs is 1. The average Bonchev–Trinajstić information content (AvgIpc) is 2.81. The summed E-state index contributed by atoms with van der Waals surface area (Å²) in [5.74, 6) is 1.83. The van der Waals surface area contributed by atoms with Gasteiger partial charge in [-0.3, -0.25) is 0 Å². The molecule has 1 heterocycles. The van der Waals surface area contributed by atoms with Crippen molar-refractivity contribution in [1.82, 2.24) is 0 Å². The summed E-state index contributed by atoms with van der Waals surface area (Å²) < 4.78 is 10.8. The van der Waals surface area contributed by atoms with Crippen molar-refractivity contribution in [1.29, 1.82) is 0 Å². The molecule has 0 aliphatic carbocycles. The summed E-state index contributed by atoms with van der Waals surface area (Å²) in [5, 5.41) is 10.3. The van der Waals surface area contributed by atoms with Crippen LogP contribution in [0.5, 0.6) is 11.5 Å². The summed E-state index contributed by atoms with van der Waals surface area (Å²) in [6.07, 6.45) is 0. The minimum Gasteiger partial charge on any atom is -0.508 e. The van der Waals surface area contributed by atoms with Crippen LogP contribution in [-0.2, 0) is 0 Å². The predicted molar refractivity (Wildman–Crippen MR) is 69.9 cm³/mol. The zero-order valence-electron chi connectivity index (χ0n) is 9.88. The van der Waals surface area contributed by atoms with Crippen LogP contribution in [0.1, 0.15) is 0 Å². The molecule has 0 unspecified atom stereocenters. The van der Waals surface area contributed by atoms with Gasteiger partial charge in [-0.15, -0.1) is 0 Å². The van der Waals surface area contributed by atoms with Crippen LogP contribution in [0.3, 0.4) is 0 Å². The van der Waals surface area contributed by atoms with Crippen molar-refractivity contribution in [3.05, 3.63) is 48.5 Å². The molecule has 0 aliphatic heterocycles. The summed E-state index contributed by atoms with van der Waals surface area (Å²) in [6, 6.07) is 14.6. The Labute approximate surface area is 104 Å². The van der Waals surface area contributed by atoms with Crippen LogP contribution in [0, 0.1) is 0 Å². The lowest BCUT2D eigenvalue weighted by atomic mass is 10.1. The number of hydrogen-bond donors (Lipinski definition) is 1. The number of aromatic hydroxyl groups is 1. The van der Waals surface area contributed by atoms with Crippen molar-refractivity contribution in [2.75, 3.05) is 7.11 Å². The van der Waals surface area contributed by atoms with E-state index in [1.165, 1.54) is 0 Å². The molecule has 2 aromatic carbocycles. The molecule has 0 saturated carbocycles. The Morgan fingerprint density at radius 1 is 1.00 bits per heavy atom. The van der Waals surface area contributed by atoms with E-state index in [0.717, 1.165) is 28.0 Å². The first-order chi connectivity index (χ1) is 8.76. The predicted octanol–water partition coefficient (Wildman–Crippen LogP) is 3.81. The van der Waals surface area contributed by atoms with E-state index in [1.54, 1.807) is 25.3 Å². The smallest absolute Gasteiger partial charge is 0.135 e. The Hall–Kier alpha value is -2.42. The van der Waals surface area contributed by atoms with Crippen LogP contribution in [0.2, 0.25) is 0 Å². The number of methoxy groups -OCH3 is 1. The molecule has 0 fully saturated rings. The molecule has 0 spiro atoms. The number of benzene rings is 2. The zero-order valence-corrected chi connectivity index (χ0v) is 9.88. The fraction of sp³-hybridized carbons (Fsp3) is 0.0667. The first-order valence-corrected chi connectivity index (χ1v) is 5.63. The van der Waals surface area contributed by atoms with Gasteiger partial charge in [0.15, 0.2) is 0 Å². The average molecular weight is 240 g/mol. The molecule has 0 amide bonds. The lowest BCUT2D eigenvalue weighted by Crippen LogP contribution is -1.81. The van der Waals surface area contributed by atoms with E-state index in [0.29, 0.717) is 0 Å². The van der Waals surface area contributed by atoms with Crippen LogP contribution < -0.4 is 4.74 Å². The summed E-state index contributed by atoms with van der Waals surface area (Å²) in [6.45, 7) is 0. The molecule has 0 bridgehead atoms. The van der Waals surface area contributed by atoms with E-state index in [4.69, 9.17) is 9.15 Å². The Kier molecular flexibility index (Phi) is 2.45. The third-order valence-corrected chi connectivity index (χ3v) is 2.87. The Morgan fingerprint density at radius 3 is 2.50 bits per heavy atom. The van der Waals surface area contributed by atoms with Crippen molar-refractivity contribution >= 4 is 11.0 Å². The number of hydrogen-bond acceptors (Lipinski definition) is 3. The second-order valence-corrected chi connectivity index (χ2v) is 4.06. The molecule has 0 radical (unpaired) electrons. The van der Waals surface area contributed by atoms with Gasteiger partial charge >= 0.3 is 0 Å². The Bertz CT molecular complexity index is 681. The third-order valence-electron chi connectivity index (χ3n) is 2.87. The normalized spacial score (nSPS) is 10.7. The first-order valence-electron chi connectivity index (χ1n) is 5.63. The molecule has 90 valence electrons. The highest BCUT2D eigenvalue weighted by atomic mass is 16.5. The fourth-order valence-electron chi connectivity index (χ4n) is 1.93. The zero-order chi connectivity index (χ0) is 12.5. The maximum atomic E-state index is 9.42. The highest BCUT2D eigenvalue weighted by Crippen LogP contribution is 2.30. The van der Waals surface area contributed by atoms with Crippen LogP contribution in [0.4, 0.5) is 0 Å². The SMILES string of the molecule is COc1ccc(-c2cc3cc(O)ccc3o2)cc1. The second kappa shape index (κ2) is 4.11. The van der Waals surface area contributed by atoms with E-state index >= 15 is 0 Å². The molecule has 3 heteroatoms. The Balaban J connectivity index is 2.07. The van der Waals surface area contributed by atoms with E-state index in [2.05, 4.69) is 0 Å². The molecule has 1 N–H and O–H groups in total. The van der Waals surface area contributed by atoms with Crippen LogP contribution in [0.25, 0.3) is 22.3 Å². The molecule has 3 aromatic rings. The van der Waals surface area contributed by atoms with Crippen molar-refractivity contribution in [2.24, 2.45) is 0 Å². The van der Waals surface area contributed by atoms with Crippen molar-refractivity contribution in [3.8, 4) is 22.8 Å². The molecular formula is C15H12O3.